The third-order valence-corrected chi connectivity index (χ3v) is 5.14. The van der Waals surface area contributed by atoms with Crippen LogP contribution in [-0.4, -0.2) is 48.6 Å². The van der Waals surface area contributed by atoms with Crippen molar-refractivity contribution in [3.8, 4) is 0 Å². The molecular weight excluding hydrogens is 220 g/mol. The highest BCUT2D eigenvalue weighted by atomic mass is 15.2. The van der Waals surface area contributed by atoms with Gasteiger partial charge in [-0.2, -0.15) is 0 Å². The summed E-state index contributed by atoms with van der Waals surface area (Å²) in [5.41, 5.74) is 0. The number of hydrogen-bond donors (Lipinski definition) is 0. The van der Waals surface area contributed by atoms with Gasteiger partial charge in [-0.1, -0.05) is 13.8 Å². The molecule has 0 aliphatic carbocycles. The molecule has 2 heteroatoms. The topological polar surface area (TPSA) is 6.48 Å². The summed E-state index contributed by atoms with van der Waals surface area (Å²) in [6.07, 6.45) is 4.29. The van der Waals surface area contributed by atoms with Gasteiger partial charge < -0.3 is 9.80 Å². The molecule has 2 nitrogen and oxygen atoms in total. The first-order chi connectivity index (χ1) is 8.56. The van der Waals surface area contributed by atoms with Crippen LogP contribution in [0.25, 0.3) is 0 Å². The van der Waals surface area contributed by atoms with Gasteiger partial charge in [-0.15, -0.1) is 0 Å². The van der Waals surface area contributed by atoms with Crippen LogP contribution in [0.15, 0.2) is 0 Å². The van der Waals surface area contributed by atoms with Crippen molar-refractivity contribution in [2.75, 3.05) is 32.7 Å². The van der Waals surface area contributed by atoms with Crippen molar-refractivity contribution in [3.05, 3.63) is 0 Å². The van der Waals surface area contributed by atoms with Crippen molar-refractivity contribution in [1.82, 2.24) is 9.80 Å². The van der Waals surface area contributed by atoms with Gasteiger partial charge in [-0.3, -0.25) is 0 Å². The van der Waals surface area contributed by atoms with E-state index in [1.807, 2.05) is 0 Å². The van der Waals surface area contributed by atoms with Crippen molar-refractivity contribution in [3.63, 3.8) is 0 Å². The molecule has 106 valence electrons. The predicted octanol–water partition coefficient (Wildman–Crippen LogP) is 3.08. The van der Waals surface area contributed by atoms with Crippen LogP contribution in [0.4, 0.5) is 0 Å². The second kappa shape index (κ2) is 6.38. The fraction of sp³-hybridized carbons (Fsp3) is 1.00. The van der Waals surface area contributed by atoms with E-state index in [9.17, 15) is 0 Å². The van der Waals surface area contributed by atoms with Crippen LogP contribution in [0.3, 0.4) is 0 Å². The maximum atomic E-state index is 2.71. The zero-order chi connectivity index (χ0) is 13.1. The lowest BCUT2D eigenvalue weighted by Gasteiger charge is -2.43. The summed E-state index contributed by atoms with van der Waals surface area (Å²) in [5.74, 6) is 2.86. The van der Waals surface area contributed by atoms with Gasteiger partial charge in [0.25, 0.3) is 0 Å². The number of hydrogen-bond acceptors (Lipinski definition) is 2. The SMILES string of the molecule is CC(C)C1CCN(CCC2CN(C(C)C)C2)CC1. The molecule has 0 spiro atoms. The zero-order valence-electron chi connectivity index (χ0n) is 12.9. The fourth-order valence-corrected chi connectivity index (χ4v) is 3.42. The van der Waals surface area contributed by atoms with Crippen molar-refractivity contribution in [1.29, 1.82) is 0 Å². The molecule has 0 unspecified atom stereocenters. The molecule has 0 aromatic heterocycles. The third kappa shape index (κ3) is 3.71. The van der Waals surface area contributed by atoms with Crippen LogP contribution in [0.5, 0.6) is 0 Å². The van der Waals surface area contributed by atoms with E-state index in [0.29, 0.717) is 0 Å². The first-order valence-electron chi connectivity index (χ1n) is 8.02. The Labute approximate surface area is 114 Å². The average molecular weight is 252 g/mol. The average Bonchev–Trinajstić information content (AvgIpc) is 2.27. The van der Waals surface area contributed by atoms with Crippen LogP contribution in [0, 0.1) is 17.8 Å². The number of rotatable bonds is 5. The number of piperidine rings is 1. The van der Waals surface area contributed by atoms with E-state index < -0.39 is 0 Å². The maximum Gasteiger partial charge on any atom is 0.00388 e. The van der Waals surface area contributed by atoms with Crippen molar-refractivity contribution < 1.29 is 0 Å². The Morgan fingerprint density at radius 3 is 2.11 bits per heavy atom. The van der Waals surface area contributed by atoms with Gasteiger partial charge in [-0.05, 0) is 70.5 Å². The minimum atomic E-state index is 0.753. The molecule has 2 fully saturated rings. The van der Waals surface area contributed by atoms with E-state index in [2.05, 4.69) is 37.5 Å². The van der Waals surface area contributed by atoms with Crippen molar-refractivity contribution >= 4 is 0 Å². The smallest absolute Gasteiger partial charge is 0.00388 e. The van der Waals surface area contributed by atoms with E-state index in [4.69, 9.17) is 0 Å². The van der Waals surface area contributed by atoms with Gasteiger partial charge in [0.2, 0.25) is 0 Å². The second-order valence-electron chi connectivity index (χ2n) is 7.13. The number of likely N-dealkylation sites (tertiary alicyclic amines) is 2. The molecule has 0 saturated carbocycles. The minimum Gasteiger partial charge on any atom is -0.303 e. The standard InChI is InChI=1S/C16H32N2/c1-13(2)16-6-9-17(10-7-16)8-5-15-11-18(12-15)14(3)4/h13-16H,5-12H2,1-4H3. The molecule has 0 radical (unpaired) electrons. The van der Waals surface area contributed by atoms with E-state index in [1.165, 1.54) is 52.0 Å². The fourth-order valence-electron chi connectivity index (χ4n) is 3.42. The predicted molar refractivity (Wildman–Crippen MR) is 78.8 cm³/mol. The van der Waals surface area contributed by atoms with E-state index >= 15 is 0 Å². The Hall–Kier alpha value is -0.0800. The van der Waals surface area contributed by atoms with E-state index in [1.54, 1.807) is 0 Å². The normalized spacial score (nSPS) is 25.0. The molecule has 0 aromatic carbocycles. The van der Waals surface area contributed by atoms with Crippen LogP contribution < -0.4 is 0 Å². The van der Waals surface area contributed by atoms with Crippen molar-refractivity contribution in [2.24, 2.45) is 17.8 Å². The second-order valence-corrected chi connectivity index (χ2v) is 7.13. The Morgan fingerprint density at radius 2 is 1.61 bits per heavy atom. The molecule has 0 atom stereocenters. The Kier molecular flexibility index (Phi) is 5.08. The quantitative estimate of drug-likeness (QED) is 0.742. The monoisotopic (exact) mass is 252 g/mol. The lowest BCUT2D eigenvalue weighted by atomic mass is 9.86. The van der Waals surface area contributed by atoms with Crippen LogP contribution in [0.2, 0.25) is 0 Å². The lowest BCUT2D eigenvalue weighted by Crippen LogP contribution is -2.51. The lowest BCUT2D eigenvalue weighted by molar-refractivity contribution is 0.0510. The zero-order valence-corrected chi connectivity index (χ0v) is 12.9. The first kappa shape index (κ1) is 14.3. The molecule has 0 N–H and O–H groups in total. The van der Waals surface area contributed by atoms with Crippen LogP contribution >= 0.6 is 0 Å². The van der Waals surface area contributed by atoms with Gasteiger partial charge in [0.05, 0.1) is 0 Å². The van der Waals surface area contributed by atoms with Gasteiger partial charge in [0.15, 0.2) is 0 Å². The molecule has 0 bridgehead atoms. The number of nitrogens with zero attached hydrogens (tertiary/aromatic N) is 2. The summed E-state index contributed by atoms with van der Waals surface area (Å²) >= 11 is 0. The Morgan fingerprint density at radius 1 is 1.00 bits per heavy atom. The molecule has 0 amide bonds. The summed E-state index contributed by atoms with van der Waals surface area (Å²) in [6, 6.07) is 0.753. The third-order valence-electron chi connectivity index (χ3n) is 5.14. The molecule has 2 aliphatic rings. The summed E-state index contributed by atoms with van der Waals surface area (Å²) in [7, 11) is 0. The Balaban J connectivity index is 1.57. The molecule has 2 heterocycles. The highest BCUT2D eigenvalue weighted by Gasteiger charge is 2.29. The molecule has 2 saturated heterocycles. The summed E-state index contributed by atoms with van der Waals surface area (Å²) in [5, 5.41) is 0. The Bertz CT molecular complexity index is 235. The molecule has 0 aromatic rings. The van der Waals surface area contributed by atoms with Gasteiger partial charge in [-0.25, -0.2) is 0 Å². The summed E-state index contributed by atoms with van der Waals surface area (Å²) < 4.78 is 0. The van der Waals surface area contributed by atoms with E-state index in [0.717, 1.165) is 23.8 Å². The largest absolute Gasteiger partial charge is 0.303 e. The molecule has 2 rings (SSSR count). The van der Waals surface area contributed by atoms with E-state index in [-0.39, 0.29) is 0 Å². The van der Waals surface area contributed by atoms with Gasteiger partial charge in [0, 0.05) is 19.1 Å². The molecule has 18 heavy (non-hydrogen) atoms. The maximum absolute atomic E-state index is 2.71. The summed E-state index contributed by atoms with van der Waals surface area (Å²) in [4.78, 5) is 5.30. The van der Waals surface area contributed by atoms with Gasteiger partial charge >= 0.3 is 0 Å². The molecule has 2 aliphatic heterocycles. The summed E-state index contributed by atoms with van der Waals surface area (Å²) in [6.45, 7) is 16.1. The van der Waals surface area contributed by atoms with Crippen molar-refractivity contribution in [2.45, 2.75) is 53.0 Å². The molecular formula is C16H32N2. The highest BCUT2D eigenvalue weighted by Crippen LogP contribution is 2.26. The first-order valence-corrected chi connectivity index (χ1v) is 8.02. The van der Waals surface area contributed by atoms with Crippen LogP contribution in [0.1, 0.15) is 47.0 Å². The van der Waals surface area contributed by atoms with Gasteiger partial charge in [0.1, 0.15) is 0 Å². The minimum absolute atomic E-state index is 0.753. The highest BCUT2D eigenvalue weighted by molar-refractivity contribution is 4.83. The van der Waals surface area contributed by atoms with Crippen LogP contribution in [-0.2, 0) is 0 Å².